The minimum absolute atomic E-state index is 0.00241. The Labute approximate surface area is 160 Å². The van der Waals surface area contributed by atoms with Crippen molar-refractivity contribution in [1.82, 2.24) is 4.72 Å². The molecule has 0 heterocycles. The average molecular weight is 445 g/mol. The van der Waals surface area contributed by atoms with E-state index in [4.69, 9.17) is 21.7 Å². The SMILES string of the molecule is CCOc1ccc(Br)cc1S(=O)(=O)NC(=S)Nc1ccc(OC)cc1. The molecule has 0 atom stereocenters. The van der Waals surface area contributed by atoms with Gasteiger partial charge in [0.2, 0.25) is 0 Å². The van der Waals surface area contributed by atoms with Gasteiger partial charge in [-0.1, -0.05) is 15.9 Å². The molecular weight excluding hydrogens is 428 g/mol. The molecule has 2 N–H and O–H groups in total. The fourth-order valence-corrected chi connectivity index (χ4v) is 4.01. The Balaban J connectivity index is 2.17. The van der Waals surface area contributed by atoms with E-state index >= 15 is 0 Å². The van der Waals surface area contributed by atoms with Crippen LogP contribution in [0.15, 0.2) is 51.8 Å². The first-order valence-corrected chi connectivity index (χ1v) is 9.94. The zero-order chi connectivity index (χ0) is 18.4. The average Bonchev–Trinajstić information content (AvgIpc) is 2.56. The van der Waals surface area contributed by atoms with Gasteiger partial charge in [-0.15, -0.1) is 0 Å². The van der Waals surface area contributed by atoms with Gasteiger partial charge in [0.05, 0.1) is 13.7 Å². The molecule has 0 radical (unpaired) electrons. The molecular formula is C16H17BrN2O4S2. The molecule has 0 bridgehead atoms. The highest BCUT2D eigenvalue weighted by molar-refractivity contribution is 9.10. The second-order valence-electron chi connectivity index (χ2n) is 4.81. The number of nitrogens with one attached hydrogen (secondary N) is 2. The molecule has 134 valence electrons. The second-order valence-corrected chi connectivity index (χ2v) is 7.79. The summed E-state index contributed by atoms with van der Waals surface area (Å²) in [5, 5.41) is 2.77. The number of methoxy groups -OCH3 is 1. The van der Waals surface area contributed by atoms with Crippen LogP contribution in [0.1, 0.15) is 6.92 Å². The van der Waals surface area contributed by atoms with Gasteiger partial charge in [0.1, 0.15) is 16.4 Å². The molecule has 0 saturated carbocycles. The standard InChI is InChI=1S/C16H17BrN2O4S2/c1-3-23-14-9-4-11(17)10-15(14)25(20,21)19-16(24)18-12-5-7-13(22-2)8-6-12/h4-10H,3H2,1-2H3,(H2,18,19,24). The first-order chi connectivity index (χ1) is 11.9. The van der Waals surface area contributed by atoms with Gasteiger partial charge in [-0.05, 0) is 61.6 Å². The van der Waals surface area contributed by atoms with E-state index in [9.17, 15) is 8.42 Å². The summed E-state index contributed by atoms with van der Waals surface area (Å²) in [5.74, 6) is 0.943. The van der Waals surface area contributed by atoms with E-state index in [1.54, 1.807) is 50.4 Å². The van der Waals surface area contributed by atoms with E-state index < -0.39 is 10.0 Å². The zero-order valence-electron chi connectivity index (χ0n) is 13.6. The first kappa shape index (κ1) is 19.5. The molecule has 0 spiro atoms. The predicted octanol–water partition coefficient (Wildman–Crippen LogP) is 3.53. The van der Waals surface area contributed by atoms with Gasteiger partial charge >= 0.3 is 0 Å². The number of ether oxygens (including phenoxy) is 2. The third-order valence-corrected chi connectivity index (χ3v) is 5.27. The molecule has 6 nitrogen and oxygen atoms in total. The molecule has 25 heavy (non-hydrogen) atoms. The number of halogens is 1. The first-order valence-electron chi connectivity index (χ1n) is 7.26. The Kier molecular flexibility index (Phi) is 6.63. The number of sulfonamides is 1. The molecule has 0 aliphatic rings. The topological polar surface area (TPSA) is 76.7 Å². The van der Waals surface area contributed by atoms with E-state index in [2.05, 4.69) is 26.0 Å². The molecule has 2 aromatic carbocycles. The van der Waals surface area contributed by atoms with Crippen LogP contribution in [-0.2, 0) is 10.0 Å². The van der Waals surface area contributed by atoms with Gasteiger partial charge < -0.3 is 14.8 Å². The molecule has 0 unspecified atom stereocenters. The Morgan fingerprint density at radius 1 is 1.20 bits per heavy atom. The number of hydrogen-bond acceptors (Lipinski definition) is 5. The Morgan fingerprint density at radius 2 is 1.88 bits per heavy atom. The van der Waals surface area contributed by atoms with Crippen molar-refractivity contribution in [2.45, 2.75) is 11.8 Å². The molecule has 0 saturated heterocycles. The van der Waals surface area contributed by atoms with Crippen LogP contribution < -0.4 is 19.5 Å². The van der Waals surface area contributed by atoms with Crippen LogP contribution in [0.25, 0.3) is 0 Å². The van der Waals surface area contributed by atoms with E-state index in [-0.39, 0.29) is 15.8 Å². The summed E-state index contributed by atoms with van der Waals surface area (Å²) in [5.41, 5.74) is 0.632. The maximum Gasteiger partial charge on any atom is 0.267 e. The highest BCUT2D eigenvalue weighted by atomic mass is 79.9. The van der Waals surface area contributed by atoms with Crippen molar-refractivity contribution in [2.75, 3.05) is 19.0 Å². The van der Waals surface area contributed by atoms with Gasteiger partial charge in [-0.2, -0.15) is 0 Å². The van der Waals surface area contributed by atoms with E-state index in [1.165, 1.54) is 6.07 Å². The van der Waals surface area contributed by atoms with Gasteiger partial charge in [-0.25, -0.2) is 8.42 Å². The minimum atomic E-state index is -3.90. The van der Waals surface area contributed by atoms with Crippen LogP contribution >= 0.6 is 28.1 Å². The number of hydrogen-bond donors (Lipinski definition) is 2. The lowest BCUT2D eigenvalue weighted by molar-refractivity contribution is 0.331. The number of benzene rings is 2. The zero-order valence-corrected chi connectivity index (χ0v) is 16.8. The van der Waals surface area contributed by atoms with Gasteiger partial charge in [0, 0.05) is 10.2 Å². The van der Waals surface area contributed by atoms with Gasteiger partial charge in [0.15, 0.2) is 5.11 Å². The summed E-state index contributed by atoms with van der Waals surface area (Å²) < 4.78 is 38.7. The molecule has 9 heteroatoms. The van der Waals surface area contributed by atoms with Crippen molar-refractivity contribution in [3.63, 3.8) is 0 Å². The third kappa shape index (κ3) is 5.32. The normalized spacial score (nSPS) is 10.8. The predicted molar refractivity (Wildman–Crippen MR) is 105 cm³/mol. The molecule has 0 amide bonds. The largest absolute Gasteiger partial charge is 0.497 e. The third-order valence-electron chi connectivity index (χ3n) is 3.07. The lowest BCUT2D eigenvalue weighted by Gasteiger charge is -2.14. The summed E-state index contributed by atoms with van der Waals surface area (Å²) in [6, 6.07) is 11.7. The van der Waals surface area contributed by atoms with Crippen LogP contribution in [-0.4, -0.2) is 27.2 Å². The summed E-state index contributed by atoms with van der Waals surface area (Å²) in [6.45, 7) is 2.13. The molecule has 0 fully saturated rings. The quantitative estimate of drug-likeness (QED) is 0.663. The second kappa shape index (κ2) is 8.50. The lowest BCUT2D eigenvalue weighted by Crippen LogP contribution is -2.34. The van der Waals surface area contributed by atoms with Crippen LogP contribution in [0.5, 0.6) is 11.5 Å². The summed E-state index contributed by atoms with van der Waals surface area (Å²) >= 11 is 8.37. The maximum atomic E-state index is 12.6. The van der Waals surface area contributed by atoms with Crippen molar-refractivity contribution in [2.24, 2.45) is 0 Å². The van der Waals surface area contributed by atoms with Crippen molar-refractivity contribution in [1.29, 1.82) is 0 Å². The highest BCUT2D eigenvalue weighted by Gasteiger charge is 2.21. The smallest absolute Gasteiger partial charge is 0.267 e. The molecule has 0 aliphatic carbocycles. The van der Waals surface area contributed by atoms with E-state index in [0.29, 0.717) is 22.5 Å². The highest BCUT2D eigenvalue weighted by Crippen LogP contribution is 2.27. The summed E-state index contributed by atoms with van der Waals surface area (Å²) in [4.78, 5) is 0.00241. The molecule has 2 aromatic rings. The van der Waals surface area contributed by atoms with Crippen LogP contribution in [0.2, 0.25) is 0 Å². The van der Waals surface area contributed by atoms with Crippen molar-refractivity contribution < 1.29 is 17.9 Å². The Morgan fingerprint density at radius 3 is 2.48 bits per heavy atom. The van der Waals surface area contributed by atoms with Crippen LogP contribution in [0.4, 0.5) is 5.69 Å². The number of anilines is 1. The van der Waals surface area contributed by atoms with Crippen molar-refractivity contribution >= 4 is 49.0 Å². The Hall–Kier alpha value is -1.84. The van der Waals surface area contributed by atoms with Gasteiger partial charge in [0.25, 0.3) is 10.0 Å². The van der Waals surface area contributed by atoms with E-state index in [1.807, 2.05) is 0 Å². The van der Waals surface area contributed by atoms with Crippen LogP contribution in [0, 0.1) is 0 Å². The summed E-state index contributed by atoms with van der Waals surface area (Å²) in [7, 11) is -2.34. The fraction of sp³-hybridized carbons (Fsp3) is 0.188. The van der Waals surface area contributed by atoms with E-state index in [0.717, 1.165) is 0 Å². The lowest BCUT2D eigenvalue weighted by atomic mass is 10.3. The molecule has 0 aromatic heterocycles. The number of rotatable bonds is 6. The minimum Gasteiger partial charge on any atom is -0.497 e. The monoisotopic (exact) mass is 444 g/mol. The van der Waals surface area contributed by atoms with Gasteiger partial charge in [-0.3, -0.25) is 4.72 Å². The maximum absolute atomic E-state index is 12.6. The molecule has 2 rings (SSSR count). The fourth-order valence-electron chi connectivity index (χ4n) is 1.97. The van der Waals surface area contributed by atoms with Crippen molar-refractivity contribution in [3.8, 4) is 11.5 Å². The summed E-state index contributed by atoms with van der Waals surface area (Å²) in [6.07, 6.45) is 0. The van der Waals surface area contributed by atoms with Crippen LogP contribution in [0.3, 0.4) is 0 Å². The van der Waals surface area contributed by atoms with Crippen molar-refractivity contribution in [3.05, 3.63) is 46.9 Å². The number of thiocarbonyl (C=S) groups is 1. The Bertz CT molecular complexity index is 855. The molecule has 0 aliphatic heterocycles.